The fraction of sp³-hybridized carbons (Fsp3) is 0.455. The number of nitrogens with one attached hydrogen (secondary N) is 2. The van der Waals surface area contributed by atoms with Crippen LogP contribution < -0.4 is 10.6 Å². The average molecular weight is 413 g/mol. The summed E-state index contributed by atoms with van der Waals surface area (Å²) in [7, 11) is 0. The first-order valence-electron chi connectivity index (χ1n) is 9.98. The van der Waals surface area contributed by atoms with E-state index in [0.29, 0.717) is 19.3 Å². The third-order valence-electron chi connectivity index (χ3n) is 5.04. The quantitative estimate of drug-likeness (QED) is 0.489. The Morgan fingerprint density at radius 1 is 1.14 bits per heavy atom. The van der Waals surface area contributed by atoms with Gasteiger partial charge in [-0.25, -0.2) is 9.97 Å². The molecule has 1 aromatic heterocycles. The van der Waals surface area contributed by atoms with E-state index in [9.17, 15) is 9.59 Å². The second kappa shape index (κ2) is 9.87. The second-order valence-corrected chi connectivity index (χ2v) is 8.23. The molecule has 1 heterocycles. The van der Waals surface area contributed by atoms with Crippen LogP contribution in [0.4, 0.5) is 0 Å². The van der Waals surface area contributed by atoms with Crippen LogP contribution in [0.25, 0.3) is 0 Å². The lowest BCUT2D eigenvalue weighted by atomic mass is 10.0. The zero-order chi connectivity index (χ0) is 20.8. The van der Waals surface area contributed by atoms with Crippen LogP contribution in [0.2, 0.25) is 0 Å². The zero-order valence-electron chi connectivity index (χ0n) is 17.2. The number of nitrogens with zero attached hydrogens (tertiary/aromatic N) is 2. The van der Waals surface area contributed by atoms with Crippen LogP contribution in [-0.2, 0) is 22.4 Å². The highest BCUT2D eigenvalue weighted by Crippen LogP contribution is 2.19. The van der Waals surface area contributed by atoms with E-state index in [4.69, 9.17) is 0 Å². The van der Waals surface area contributed by atoms with Gasteiger partial charge in [0.05, 0.1) is 0 Å². The van der Waals surface area contributed by atoms with Gasteiger partial charge in [0.15, 0.2) is 5.16 Å². The van der Waals surface area contributed by atoms with Crippen molar-refractivity contribution in [3.05, 3.63) is 52.8 Å². The molecule has 0 bridgehead atoms. The molecule has 1 aliphatic carbocycles. The van der Waals surface area contributed by atoms with Gasteiger partial charge in [0, 0.05) is 30.3 Å². The molecule has 1 fully saturated rings. The Morgan fingerprint density at radius 2 is 1.79 bits per heavy atom. The monoisotopic (exact) mass is 412 g/mol. The molecule has 0 aliphatic heterocycles. The number of hydrogen-bond donors (Lipinski definition) is 2. The third-order valence-corrected chi connectivity index (χ3v) is 5.59. The van der Waals surface area contributed by atoms with Crippen LogP contribution in [-0.4, -0.2) is 40.1 Å². The van der Waals surface area contributed by atoms with E-state index in [1.807, 2.05) is 50.4 Å². The van der Waals surface area contributed by atoms with Gasteiger partial charge < -0.3 is 10.6 Å². The summed E-state index contributed by atoms with van der Waals surface area (Å²) >= 11 is 1.51. The molecule has 0 saturated heterocycles. The Hall–Kier alpha value is -2.41. The Balaban J connectivity index is 1.62. The number of thioether (sulfide) groups is 1. The van der Waals surface area contributed by atoms with Crippen molar-refractivity contribution in [1.29, 1.82) is 0 Å². The molecule has 7 heteroatoms. The predicted octanol–water partition coefficient (Wildman–Crippen LogP) is 2.75. The Bertz CT molecular complexity index is 845. The van der Waals surface area contributed by atoms with E-state index in [-0.39, 0.29) is 17.9 Å². The fourth-order valence-electron chi connectivity index (χ4n) is 3.26. The van der Waals surface area contributed by atoms with Crippen LogP contribution in [0.15, 0.2) is 35.5 Å². The van der Waals surface area contributed by atoms with Crippen molar-refractivity contribution in [3.8, 4) is 0 Å². The summed E-state index contributed by atoms with van der Waals surface area (Å²) in [5.41, 5.74) is 3.83. The van der Waals surface area contributed by atoms with E-state index < -0.39 is 6.04 Å². The van der Waals surface area contributed by atoms with Gasteiger partial charge in [-0.05, 0) is 50.5 Å². The van der Waals surface area contributed by atoms with Gasteiger partial charge in [-0.15, -0.1) is 0 Å². The smallest absolute Gasteiger partial charge is 0.243 e. The third kappa shape index (κ3) is 6.29. The standard InChI is InChI=1S/C22H28N4O2S/c1-14-18(15(2)24-22(23-14)29-3)11-12-20(27)26-19(21(28)25-17-9-10-17)13-16-7-5-4-6-8-16/h4-8,17,19H,9-13H2,1-3H3,(H,25,28)(H,26,27). The molecule has 2 aromatic rings. The van der Waals surface area contributed by atoms with Crippen LogP contribution in [0.5, 0.6) is 0 Å². The Morgan fingerprint density at radius 3 is 2.38 bits per heavy atom. The van der Waals surface area contributed by atoms with Gasteiger partial charge in [0.2, 0.25) is 11.8 Å². The molecule has 29 heavy (non-hydrogen) atoms. The molecule has 2 amide bonds. The van der Waals surface area contributed by atoms with E-state index in [2.05, 4.69) is 20.6 Å². The number of amides is 2. The fourth-order valence-corrected chi connectivity index (χ4v) is 3.71. The molecular weight excluding hydrogens is 384 g/mol. The molecule has 0 radical (unpaired) electrons. The largest absolute Gasteiger partial charge is 0.352 e. The van der Waals surface area contributed by atoms with Gasteiger partial charge >= 0.3 is 0 Å². The van der Waals surface area contributed by atoms with Crippen LogP contribution in [0, 0.1) is 13.8 Å². The molecule has 3 rings (SSSR count). The highest BCUT2D eigenvalue weighted by molar-refractivity contribution is 7.98. The molecule has 6 nitrogen and oxygen atoms in total. The maximum atomic E-state index is 12.6. The average Bonchev–Trinajstić information content (AvgIpc) is 3.51. The van der Waals surface area contributed by atoms with E-state index in [0.717, 1.165) is 40.5 Å². The second-order valence-electron chi connectivity index (χ2n) is 7.45. The SMILES string of the molecule is CSc1nc(C)c(CCC(=O)NC(Cc2ccccc2)C(=O)NC2CC2)c(C)n1. The summed E-state index contributed by atoms with van der Waals surface area (Å²) in [6.45, 7) is 3.89. The summed E-state index contributed by atoms with van der Waals surface area (Å²) in [4.78, 5) is 34.2. The first-order chi connectivity index (χ1) is 14.0. The number of aryl methyl sites for hydroxylation is 2. The zero-order valence-corrected chi connectivity index (χ0v) is 18.0. The van der Waals surface area contributed by atoms with Crippen molar-refractivity contribution < 1.29 is 9.59 Å². The molecule has 1 atom stereocenters. The molecule has 2 N–H and O–H groups in total. The number of aromatic nitrogens is 2. The normalized spacial score (nSPS) is 14.3. The van der Waals surface area contributed by atoms with Crippen LogP contribution >= 0.6 is 11.8 Å². The Labute approximate surface area is 176 Å². The maximum Gasteiger partial charge on any atom is 0.243 e. The number of hydrogen-bond acceptors (Lipinski definition) is 5. The summed E-state index contributed by atoms with van der Waals surface area (Å²) in [6.07, 6.45) is 5.31. The lowest BCUT2D eigenvalue weighted by molar-refractivity contribution is -0.129. The summed E-state index contributed by atoms with van der Waals surface area (Å²) in [6, 6.07) is 9.46. The van der Waals surface area contributed by atoms with Crippen molar-refractivity contribution in [2.24, 2.45) is 0 Å². The molecular formula is C22H28N4O2S. The summed E-state index contributed by atoms with van der Waals surface area (Å²) < 4.78 is 0. The maximum absolute atomic E-state index is 12.6. The molecule has 1 aliphatic rings. The van der Waals surface area contributed by atoms with Gasteiger partial charge in [-0.3, -0.25) is 9.59 Å². The first-order valence-corrected chi connectivity index (χ1v) is 11.2. The number of benzene rings is 1. The highest BCUT2D eigenvalue weighted by atomic mass is 32.2. The van der Waals surface area contributed by atoms with Crippen molar-refractivity contribution in [2.75, 3.05) is 6.26 Å². The van der Waals surface area contributed by atoms with E-state index >= 15 is 0 Å². The predicted molar refractivity (Wildman–Crippen MR) is 115 cm³/mol. The topological polar surface area (TPSA) is 84.0 Å². The highest BCUT2D eigenvalue weighted by Gasteiger charge is 2.28. The van der Waals surface area contributed by atoms with Gasteiger partial charge in [-0.1, -0.05) is 42.1 Å². The minimum absolute atomic E-state index is 0.107. The van der Waals surface area contributed by atoms with Gasteiger partial charge in [0.1, 0.15) is 6.04 Å². The summed E-state index contributed by atoms with van der Waals surface area (Å²) in [5, 5.41) is 6.69. The van der Waals surface area contributed by atoms with Crippen molar-refractivity contribution in [3.63, 3.8) is 0 Å². The lowest BCUT2D eigenvalue weighted by Crippen LogP contribution is -2.48. The Kier molecular flexibility index (Phi) is 7.25. The minimum atomic E-state index is -0.567. The molecule has 154 valence electrons. The van der Waals surface area contributed by atoms with Crippen LogP contribution in [0.1, 0.15) is 41.8 Å². The van der Waals surface area contributed by atoms with E-state index in [1.54, 1.807) is 0 Å². The molecule has 1 aromatic carbocycles. The minimum Gasteiger partial charge on any atom is -0.352 e. The van der Waals surface area contributed by atoms with Gasteiger partial charge in [0.25, 0.3) is 0 Å². The van der Waals surface area contributed by atoms with Crippen LogP contribution in [0.3, 0.4) is 0 Å². The summed E-state index contributed by atoms with van der Waals surface area (Å²) in [5.74, 6) is -0.241. The number of carbonyl (C=O) groups excluding carboxylic acids is 2. The lowest BCUT2D eigenvalue weighted by Gasteiger charge is -2.19. The van der Waals surface area contributed by atoms with Crippen molar-refractivity contribution in [1.82, 2.24) is 20.6 Å². The van der Waals surface area contributed by atoms with Gasteiger partial charge in [-0.2, -0.15) is 0 Å². The molecule has 1 unspecified atom stereocenters. The molecule has 0 spiro atoms. The molecule has 1 saturated carbocycles. The van der Waals surface area contributed by atoms with Crippen molar-refractivity contribution in [2.45, 2.75) is 63.2 Å². The number of rotatable bonds is 9. The van der Waals surface area contributed by atoms with E-state index in [1.165, 1.54) is 11.8 Å². The van der Waals surface area contributed by atoms with Crippen molar-refractivity contribution >= 4 is 23.6 Å². The number of carbonyl (C=O) groups is 2. The first kappa shape index (κ1) is 21.3.